The SMILES string of the molecule is Cn1ccnc1CNC(=O)Cc1cccnc1. The van der Waals surface area contributed by atoms with Crippen molar-refractivity contribution in [2.45, 2.75) is 13.0 Å². The first-order chi connectivity index (χ1) is 8.25. The first-order valence-electron chi connectivity index (χ1n) is 5.37. The van der Waals surface area contributed by atoms with Crippen molar-refractivity contribution < 1.29 is 4.79 Å². The number of carbonyl (C=O) groups is 1. The number of hydrogen-bond donors (Lipinski definition) is 1. The maximum Gasteiger partial charge on any atom is 0.224 e. The molecule has 2 aromatic rings. The second-order valence-corrected chi connectivity index (χ2v) is 3.77. The number of pyridine rings is 1. The second-order valence-electron chi connectivity index (χ2n) is 3.77. The normalized spacial score (nSPS) is 10.2. The van der Waals surface area contributed by atoms with Crippen LogP contribution in [0.3, 0.4) is 0 Å². The van der Waals surface area contributed by atoms with Crippen LogP contribution >= 0.6 is 0 Å². The van der Waals surface area contributed by atoms with Crippen molar-refractivity contribution in [2.75, 3.05) is 0 Å². The molecule has 17 heavy (non-hydrogen) atoms. The molecule has 1 amide bonds. The molecule has 2 heterocycles. The molecule has 0 saturated carbocycles. The van der Waals surface area contributed by atoms with Gasteiger partial charge in [0.15, 0.2) is 0 Å². The van der Waals surface area contributed by atoms with Gasteiger partial charge in [-0.05, 0) is 11.6 Å². The van der Waals surface area contributed by atoms with Crippen LogP contribution in [0.2, 0.25) is 0 Å². The Bertz CT molecular complexity index is 492. The van der Waals surface area contributed by atoms with E-state index in [-0.39, 0.29) is 5.91 Å². The zero-order chi connectivity index (χ0) is 12.1. The third-order valence-electron chi connectivity index (χ3n) is 2.45. The molecule has 0 aliphatic rings. The van der Waals surface area contributed by atoms with E-state index in [1.54, 1.807) is 18.6 Å². The average molecular weight is 230 g/mol. The third-order valence-corrected chi connectivity index (χ3v) is 2.45. The highest BCUT2D eigenvalue weighted by atomic mass is 16.1. The van der Waals surface area contributed by atoms with Crippen LogP contribution in [0.25, 0.3) is 0 Å². The highest BCUT2D eigenvalue weighted by molar-refractivity contribution is 5.78. The Morgan fingerprint density at radius 3 is 3.00 bits per heavy atom. The molecule has 0 aromatic carbocycles. The van der Waals surface area contributed by atoms with Crippen molar-refractivity contribution in [2.24, 2.45) is 7.05 Å². The Labute approximate surface area is 99.5 Å². The number of carbonyl (C=O) groups excluding carboxylic acids is 1. The Hall–Kier alpha value is -2.17. The molecule has 5 heteroatoms. The Morgan fingerprint density at radius 2 is 2.35 bits per heavy atom. The van der Waals surface area contributed by atoms with Gasteiger partial charge in [0.25, 0.3) is 0 Å². The molecule has 0 radical (unpaired) electrons. The van der Waals surface area contributed by atoms with Gasteiger partial charge < -0.3 is 9.88 Å². The zero-order valence-electron chi connectivity index (χ0n) is 9.63. The lowest BCUT2D eigenvalue weighted by atomic mass is 10.2. The largest absolute Gasteiger partial charge is 0.349 e. The lowest BCUT2D eigenvalue weighted by molar-refractivity contribution is -0.120. The minimum atomic E-state index is -0.0269. The van der Waals surface area contributed by atoms with E-state index >= 15 is 0 Å². The molecule has 0 spiro atoms. The van der Waals surface area contributed by atoms with E-state index < -0.39 is 0 Å². The molecule has 0 atom stereocenters. The van der Waals surface area contributed by atoms with Gasteiger partial charge in [0.1, 0.15) is 5.82 Å². The highest BCUT2D eigenvalue weighted by Crippen LogP contribution is 1.98. The number of nitrogens with zero attached hydrogens (tertiary/aromatic N) is 3. The fourth-order valence-corrected chi connectivity index (χ4v) is 1.50. The molecule has 0 unspecified atom stereocenters. The maximum atomic E-state index is 11.6. The van der Waals surface area contributed by atoms with Crippen molar-refractivity contribution >= 4 is 5.91 Å². The van der Waals surface area contributed by atoms with Crippen molar-refractivity contribution in [1.82, 2.24) is 19.9 Å². The fraction of sp³-hybridized carbons (Fsp3) is 0.250. The number of hydrogen-bond acceptors (Lipinski definition) is 3. The van der Waals surface area contributed by atoms with E-state index in [1.807, 2.05) is 29.9 Å². The van der Waals surface area contributed by atoms with Crippen LogP contribution < -0.4 is 5.32 Å². The van der Waals surface area contributed by atoms with Crippen LogP contribution in [0, 0.1) is 0 Å². The molecule has 88 valence electrons. The van der Waals surface area contributed by atoms with E-state index in [4.69, 9.17) is 0 Å². The molecule has 5 nitrogen and oxygen atoms in total. The van der Waals surface area contributed by atoms with Crippen LogP contribution in [-0.2, 0) is 24.8 Å². The molecule has 1 N–H and O–H groups in total. The molecule has 2 rings (SSSR count). The van der Waals surface area contributed by atoms with Gasteiger partial charge in [0.2, 0.25) is 5.91 Å². The number of amides is 1. The predicted octanol–water partition coefficient (Wildman–Crippen LogP) is 0.674. The summed E-state index contributed by atoms with van der Waals surface area (Å²) in [5.74, 6) is 0.811. The van der Waals surface area contributed by atoms with Crippen molar-refractivity contribution in [3.05, 3.63) is 48.3 Å². The van der Waals surface area contributed by atoms with Crippen molar-refractivity contribution in [3.63, 3.8) is 0 Å². The summed E-state index contributed by atoms with van der Waals surface area (Å²) in [6, 6.07) is 3.70. The number of nitrogens with one attached hydrogen (secondary N) is 1. The molecule has 0 aliphatic heterocycles. The molecular formula is C12H14N4O. The molecule has 0 fully saturated rings. The first kappa shape index (κ1) is 11.3. The first-order valence-corrected chi connectivity index (χ1v) is 5.37. The summed E-state index contributed by atoms with van der Waals surface area (Å²) in [5, 5.41) is 2.82. The van der Waals surface area contributed by atoms with Gasteiger partial charge in [0.05, 0.1) is 13.0 Å². The standard InChI is InChI=1S/C12H14N4O/c1-16-6-5-14-11(16)9-15-12(17)7-10-3-2-4-13-8-10/h2-6,8H,7,9H2,1H3,(H,15,17). The van der Waals surface area contributed by atoms with Crippen LogP contribution in [0.5, 0.6) is 0 Å². The lowest BCUT2D eigenvalue weighted by Crippen LogP contribution is -2.25. The lowest BCUT2D eigenvalue weighted by Gasteiger charge is -2.05. The highest BCUT2D eigenvalue weighted by Gasteiger charge is 2.04. The molecule has 0 saturated heterocycles. The minimum Gasteiger partial charge on any atom is -0.349 e. The van der Waals surface area contributed by atoms with Crippen LogP contribution in [0.4, 0.5) is 0 Å². The smallest absolute Gasteiger partial charge is 0.224 e. The van der Waals surface area contributed by atoms with E-state index in [2.05, 4.69) is 15.3 Å². The van der Waals surface area contributed by atoms with E-state index in [0.29, 0.717) is 13.0 Å². The fourth-order valence-electron chi connectivity index (χ4n) is 1.50. The molecular weight excluding hydrogens is 216 g/mol. The molecule has 2 aromatic heterocycles. The maximum absolute atomic E-state index is 11.6. The van der Waals surface area contributed by atoms with E-state index in [1.165, 1.54) is 0 Å². The van der Waals surface area contributed by atoms with Gasteiger partial charge >= 0.3 is 0 Å². The van der Waals surface area contributed by atoms with Gasteiger partial charge in [0, 0.05) is 31.8 Å². The van der Waals surface area contributed by atoms with Gasteiger partial charge in [-0.15, -0.1) is 0 Å². The summed E-state index contributed by atoms with van der Waals surface area (Å²) >= 11 is 0. The topological polar surface area (TPSA) is 59.8 Å². The summed E-state index contributed by atoms with van der Waals surface area (Å²) in [5.41, 5.74) is 0.907. The van der Waals surface area contributed by atoms with Gasteiger partial charge in [-0.1, -0.05) is 6.07 Å². The van der Waals surface area contributed by atoms with Crippen molar-refractivity contribution in [3.8, 4) is 0 Å². The van der Waals surface area contributed by atoms with Gasteiger partial charge in [-0.3, -0.25) is 9.78 Å². The average Bonchev–Trinajstić information content (AvgIpc) is 2.74. The Balaban J connectivity index is 1.84. The summed E-state index contributed by atoms with van der Waals surface area (Å²) in [7, 11) is 1.90. The van der Waals surface area contributed by atoms with E-state index in [9.17, 15) is 4.79 Å². The summed E-state index contributed by atoms with van der Waals surface area (Å²) in [6.45, 7) is 0.447. The second kappa shape index (κ2) is 5.25. The monoisotopic (exact) mass is 230 g/mol. The van der Waals surface area contributed by atoms with Crippen molar-refractivity contribution in [1.29, 1.82) is 0 Å². The third kappa shape index (κ3) is 3.14. The summed E-state index contributed by atoms with van der Waals surface area (Å²) < 4.78 is 1.88. The number of imidazole rings is 1. The number of aromatic nitrogens is 3. The Morgan fingerprint density at radius 1 is 1.47 bits per heavy atom. The summed E-state index contributed by atoms with van der Waals surface area (Å²) in [4.78, 5) is 19.7. The number of rotatable bonds is 4. The molecule has 0 aliphatic carbocycles. The van der Waals surface area contributed by atoms with Crippen LogP contribution in [0.15, 0.2) is 36.9 Å². The quantitative estimate of drug-likeness (QED) is 0.840. The summed E-state index contributed by atoms with van der Waals surface area (Å²) in [6.07, 6.45) is 7.29. The van der Waals surface area contributed by atoms with Crippen LogP contribution in [-0.4, -0.2) is 20.4 Å². The number of aryl methyl sites for hydroxylation is 1. The van der Waals surface area contributed by atoms with Gasteiger partial charge in [-0.25, -0.2) is 4.98 Å². The zero-order valence-corrected chi connectivity index (χ0v) is 9.63. The van der Waals surface area contributed by atoms with E-state index in [0.717, 1.165) is 11.4 Å². The van der Waals surface area contributed by atoms with Gasteiger partial charge in [-0.2, -0.15) is 0 Å². The minimum absolute atomic E-state index is 0.0269. The van der Waals surface area contributed by atoms with Crippen LogP contribution in [0.1, 0.15) is 11.4 Å². The predicted molar refractivity (Wildman–Crippen MR) is 63.0 cm³/mol. The molecule has 0 bridgehead atoms. The Kier molecular flexibility index (Phi) is 3.49.